The SMILES string of the molecule is Cc1cccc(C(=O)NC2CCCC2(C)C(=O)O)c1Cl. The van der Waals surface area contributed by atoms with E-state index in [0.29, 0.717) is 23.4 Å². The fraction of sp³-hybridized carbons (Fsp3) is 0.467. The first kappa shape index (κ1) is 14.9. The molecule has 108 valence electrons. The Hall–Kier alpha value is -1.55. The Bertz CT molecular complexity index is 558. The van der Waals surface area contributed by atoms with Gasteiger partial charge in [0.1, 0.15) is 0 Å². The van der Waals surface area contributed by atoms with Gasteiger partial charge in [-0.1, -0.05) is 30.2 Å². The number of carboxylic acids is 1. The molecule has 0 aromatic heterocycles. The van der Waals surface area contributed by atoms with Crippen LogP contribution in [0.4, 0.5) is 0 Å². The highest BCUT2D eigenvalue weighted by Gasteiger charge is 2.46. The molecule has 1 aromatic carbocycles. The lowest BCUT2D eigenvalue weighted by molar-refractivity contribution is -0.148. The van der Waals surface area contributed by atoms with Crippen LogP contribution in [0.5, 0.6) is 0 Å². The molecule has 20 heavy (non-hydrogen) atoms. The molecule has 0 saturated heterocycles. The first-order valence-electron chi connectivity index (χ1n) is 6.65. The van der Waals surface area contributed by atoms with Gasteiger partial charge in [0.25, 0.3) is 5.91 Å². The molecule has 4 nitrogen and oxygen atoms in total. The van der Waals surface area contributed by atoms with Crippen LogP contribution >= 0.6 is 11.6 Å². The summed E-state index contributed by atoms with van der Waals surface area (Å²) >= 11 is 6.13. The lowest BCUT2D eigenvalue weighted by atomic mass is 9.85. The summed E-state index contributed by atoms with van der Waals surface area (Å²) < 4.78 is 0. The zero-order valence-electron chi connectivity index (χ0n) is 11.6. The molecule has 0 spiro atoms. The molecule has 1 amide bonds. The third-order valence-electron chi connectivity index (χ3n) is 4.19. The molecule has 2 unspecified atom stereocenters. The molecule has 2 N–H and O–H groups in total. The summed E-state index contributed by atoms with van der Waals surface area (Å²) in [6.45, 7) is 3.52. The van der Waals surface area contributed by atoms with Crippen LogP contribution in [-0.4, -0.2) is 23.0 Å². The second kappa shape index (κ2) is 5.44. The molecule has 2 atom stereocenters. The van der Waals surface area contributed by atoms with Crippen LogP contribution in [0.3, 0.4) is 0 Å². The minimum Gasteiger partial charge on any atom is -0.481 e. The molecule has 0 heterocycles. The predicted octanol–water partition coefficient (Wildman–Crippen LogP) is 3.02. The van der Waals surface area contributed by atoms with Crippen molar-refractivity contribution in [3.05, 3.63) is 34.3 Å². The van der Waals surface area contributed by atoms with Gasteiger partial charge >= 0.3 is 5.97 Å². The van der Waals surface area contributed by atoms with Crippen molar-refractivity contribution in [2.75, 3.05) is 0 Å². The maximum Gasteiger partial charge on any atom is 0.311 e. The molecule has 0 bridgehead atoms. The Balaban J connectivity index is 2.20. The molecule has 1 aliphatic carbocycles. The summed E-state index contributed by atoms with van der Waals surface area (Å²) in [5, 5.41) is 12.6. The summed E-state index contributed by atoms with van der Waals surface area (Å²) in [7, 11) is 0. The van der Waals surface area contributed by atoms with E-state index in [0.717, 1.165) is 12.0 Å². The van der Waals surface area contributed by atoms with Crippen LogP contribution in [0.2, 0.25) is 5.02 Å². The quantitative estimate of drug-likeness (QED) is 0.901. The van der Waals surface area contributed by atoms with E-state index in [2.05, 4.69) is 5.32 Å². The van der Waals surface area contributed by atoms with Gasteiger partial charge in [-0.15, -0.1) is 0 Å². The van der Waals surface area contributed by atoms with E-state index < -0.39 is 11.4 Å². The molecular formula is C15H18ClNO3. The topological polar surface area (TPSA) is 66.4 Å². The minimum atomic E-state index is -0.897. The third-order valence-corrected chi connectivity index (χ3v) is 4.69. The largest absolute Gasteiger partial charge is 0.481 e. The van der Waals surface area contributed by atoms with Crippen molar-refractivity contribution in [2.24, 2.45) is 5.41 Å². The van der Waals surface area contributed by atoms with Crippen molar-refractivity contribution in [1.29, 1.82) is 0 Å². The highest BCUT2D eigenvalue weighted by Crippen LogP contribution is 2.38. The van der Waals surface area contributed by atoms with E-state index in [-0.39, 0.29) is 11.9 Å². The molecule has 2 rings (SSSR count). The maximum absolute atomic E-state index is 12.3. The number of carbonyl (C=O) groups is 2. The molecular weight excluding hydrogens is 278 g/mol. The summed E-state index contributed by atoms with van der Waals surface area (Å²) in [4.78, 5) is 23.7. The van der Waals surface area contributed by atoms with Gasteiger partial charge in [-0.05, 0) is 38.3 Å². The number of halogens is 1. The number of amides is 1. The molecule has 5 heteroatoms. The number of benzene rings is 1. The van der Waals surface area contributed by atoms with E-state index in [1.165, 1.54) is 0 Å². The van der Waals surface area contributed by atoms with E-state index in [4.69, 9.17) is 11.6 Å². The van der Waals surface area contributed by atoms with E-state index >= 15 is 0 Å². The van der Waals surface area contributed by atoms with Crippen LogP contribution in [0, 0.1) is 12.3 Å². The third kappa shape index (κ3) is 2.52. The van der Waals surface area contributed by atoms with Crippen LogP contribution in [0.25, 0.3) is 0 Å². The molecule has 0 radical (unpaired) electrons. The fourth-order valence-electron chi connectivity index (χ4n) is 2.71. The average Bonchev–Trinajstić information content (AvgIpc) is 2.75. The monoisotopic (exact) mass is 295 g/mol. The number of nitrogens with one attached hydrogen (secondary N) is 1. The summed E-state index contributed by atoms with van der Waals surface area (Å²) in [5.74, 6) is -1.17. The Morgan fingerprint density at radius 1 is 1.45 bits per heavy atom. The number of carbonyl (C=O) groups excluding carboxylic acids is 1. The first-order chi connectivity index (χ1) is 9.36. The van der Waals surface area contributed by atoms with Crippen molar-refractivity contribution in [3.8, 4) is 0 Å². The number of hydrogen-bond acceptors (Lipinski definition) is 2. The van der Waals surface area contributed by atoms with Gasteiger partial charge in [0.2, 0.25) is 0 Å². The Morgan fingerprint density at radius 2 is 2.15 bits per heavy atom. The molecule has 1 saturated carbocycles. The van der Waals surface area contributed by atoms with E-state index in [9.17, 15) is 14.7 Å². The van der Waals surface area contributed by atoms with E-state index in [1.807, 2.05) is 13.0 Å². The maximum atomic E-state index is 12.3. The van der Waals surface area contributed by atoms with Gasteiger partial charge in [0.15, 0.2) is 0 Å². The normalized spacial score (nSPS) is 25.4. The van der Waals surface area contributed by atoms with Crippen molar-refractivity contribution in [2.45, 2.75) is 39.2 Å². The lowest BCUT2D eigenvalue weighted by Crippen LogP contribution is -2.47. The second-order valence-corrected chi connectivity index (χ2v) is 5.96. The zero-order valence-corrected chi connectivity index (χ0v) is 12.3. The molecule has 1 fully saturated rings. The number of aryl methyl sites for hydroxylation is 1. The van der Waals surface area contributed by atoms with Crippen molar-refractivity contribution in [1.82, 2.24) is 5.32 Å². The average molecular weight is 296 g/mol. The number of carboxylic acid groups (broad SMARTS) is 1. The van der Waals surface area contributed by atoms with Gasteiger partial charge in [-0.2, -0.15) is 0 Å². The Morgan fingerprint density at radius 3 is 2.80 bits per heavy atom. The van der Waals surface area contributed by atoms with Gasteiger partial charge < -0.3 is 10.4 Å². The van der Waals surface area contributed by atoms with Gasteiger partial charge in [0, 0.05) is 6.04 Å². The van der Waals surface area contributed by atoms with Crippen LogP contribution in [0.15, 0.2) is 18.2 Å². The Kier molecular flexibility index (Phi) is 4.04. The summed E-state index contributed by atoms with van der Waals surface area (Å²) in [6.07, 6.45) is 2.06. The van der Waals surface area contributed by atoms with Crippen molar-refractivity contribution >= 4 is 23.5 Å². The van der Waals surface area contributed by atoms with Crippen molar-refractivity contribution in [3.63, 3.8) is 0 Å². The van der Waals surface area contributed by atoms with Crippen LogP contribution in [0.1, 0.15) is 42.1 Å². The first-order valence-corrected chi connectivity index (χ1v) is 7.03. The number of rotatable bonds is 3. The number of aliphatic carboxylic acids is 1. The highest BCUT2D eigenvalue weighted by atomic mass is 35.5. The van der Waals surface area contributed by atoms with Crippen LogP contribution in [-0.2, 0) is 4.79 Å². The Labute approximate surface area is 123 Å². The highest BCUT2D eigenvalue weighted by molar-refractivity contribution is 6.34. The molecule has 1 aromatic rings. The predicted molar refractivity (Wildman–Crippen MR) is 77.0 cm³/mol. The minimum absolute atomic E-state index is 0.307. The second-order valence-electron chi connectivity index (χ2n) is 5.58. The van der Waals surface area contributed by atoms with Crippen LogP contribution < -0.4 is 5.32 Å². The summed E-state index contributed by atoms with van der Waals surface area (Å²) in [6, 6.07) is 4.89. The molecule has 1 aliphatic rings. The molecule has 0 aliphatic heterocycles. The number of hydrogen-bond donors (Lipinski definition) is 2. The van der Waals surface area contributed by atoms with Gasteiger partial charge in [0.05, 0.1) is 16.0 Å². The summed E-state index contributed by atoms with van der Waals surface area (Å²) in [5.41, 5.74) is 0.324. The van der Waals surface area contributed by atoms with Gasteiger partial charge in [-0.3, -0.25) is 9.59 Å². The van der Waals surface area contributed by atoms with Gasteiger partial charge in [-0.25, -0.2) is 0 Å². The smallest absolute Gasteiger partial charge is 0.311 e. The van der Waals surface area contributed by atoms with E-state index in [1.54, 1.807) is 19.1 Å². The van der Waals surface area contributed by atoms with Crippen molar-refractivity contribution < 1.29 is 14.7 Å². The fourth-order valence-corrected chi connectivity index (χ4v) is 2.92. The standard InChI is InChI=1S/C15H18ClNO3/c1-9-5-3-6-10(12(9)16)13(18)17-11-7-4-8-15(11,2)14(19)20/h3,5-6,11H,4,7-8H2,1-2H3,(H,17,18)(H,19,20). The zero-order chi connectivity index (χ0) is 14.9. The lowest BCUT2D eigenvalue weighted by Gasteiger charge is -2.27.